The zero-order valence-electron chi connectivity index (χ0n) is 11.4. The minimum absolute atomic E-state index is 0.00641. The molecular formula is C14H20N2O3. The van der Waals surface area contributed by atoms with Gasteiger partial charge in [-0.25, -0.2) is 4.79 Å². The number of benzene rings is 1. The molecule has 0 saturated heterocycles. The van der Waals surface area contributed by atoms with Crippen LogP contribution in [-0.4, -0.2) is 31.6 Å². The Hall–Kier alpha value is -1.88. The molecule has 1 rings (SSSR count). The van der Waals surface area contributed by atoms with E-state index in [1.54, 1.807) is 24.3 Å². The number of anilines is 1. The maximum atomic E-state index is 11.5. The molecule has 104 valence electrons. The number of amides is 2. The van der Waals surface area contributed by atoms with Crippen molar-refractivity contribution in [2.75, 3.05) is 25.1 Å². The van der Waals surface area contributed by atoms with Crippen LogP contribution in [0.25, 0.3) is 0 Å². The third kappa shape index (κ3) is 6.01. The second-order valence-electron chi connectivity index (χ2n) is 4.06. The predicted octanol–water partition coefficient (Wildman–Crippen LogP) is 2.44. The first-order valence-electron chi connectivity index (χ1n) is 6.37. The summed E-state index contributed by atoms with van der Waals surface area (Å²) in [6.45, 7) is 5.34. The summed E-state index contributed by atoms with van der Waals surface area (Å²) in [5.74, 6) is 0.00641. The average Bonchev–Trinajstić information content (AvgIpc) is 2.39. The molecule has 0 radical (unpaired) electrons. The molecule has 0 aliphatic heterocycles. The van der Waals surface area contributed by atoms with Gasteiger partial charge in [0, 0.05) is 31.0 Å². The van der Waals surface area contributed by atoms with Crippen molar-refractivity contribution >= 4 is 17.5 Å². The Kier molecular flexibility index (Phi) is 6.60. The molecular weight excluding hydrogens is 244 g/mol. The highest BCUT2D eigenvalue weighted by Gasteiger charge is 2.02. The highest BCUT2D eigenvalue weighted by atomic mass is 16.5. The third-order valence-corrected chi connectivity index (χ3v) is 2.50. The molecule has 1 aromatic carbocycles. The summed E-state index contributed by atoms with van der Waals surface area (Å²) >= 11 is 0. The summed E-state index contributed by atoms with van der Waals surface area (Å²) < 4.78 is 5.17. The van der Waals surface area contributed by atoms with Crippen LogP contribution in [0.3, 0.4) is 0 Å². The van der Waals surface area contributed by atoms with E-state index in [0.717, 1.165) is 6.42 Å². The number of hydrogen-bond acceptors (Lipinski definition) is 3. The predicted molar refractivity (Wildman–Crippen MR) is 74.6 cm³/mol. The summed E-state index contributed by atoms with van der Waals surface area (Å²) in [6, 6.07) is 6.53. The largest absolute Gasteiger partial charge is 0.382 e. The van der Waals surface area contributed by atoms with Gasteiger partial charge in [-0.05, 0) is 44.5 Å². The molecule has 0 aromatic heterocycles. The maximum Gasteiger partial charge on any atom is 0.319 e. The number of carbonyl (C=O) groups excluding carboxylic acids is 2. The standard InChI is InChI=1S/C14H20N2O3/c1-3-19-10-4-9-15-14(18)16-13-7-5-12(6-8-13)11(2)17/h5-8H,3-4,9-10H2,1-2H3,(H2,15,16,18). The van der Waals surface area contributed by atoms with Gasteiger partial charge in [0.15, 0.2) is 5.78 Å². The molecule has 0 heterocycles. The van der Waals surface area contributed by atoms with E-state index in [2.05, 4.69) is 10.6 Å². The summed E-state index contributed by atoms with van der Waals surface area (Å²) in [5.41, 5.74) is 1.29. The van der Waals surface area contributed by atoms with Crippen molar-refractivity contribution in [1.29, 1.82) is 0 Å². The van der Waals surface area contributed by atoms with Gasteiger partial charge in [0.25, 0.3) is 0 Å². The van der Waals surface area contributed by atoms with Gasteiger partial charge in [-0.3, -0.25) is 4.79 Å². The number of ketones is 1. The molecule has 2 N–H and O–H groups in total. The van der Waals surface area contributed by atoms with E-state index < -0.39 is 0 Å². The fourth-order valence-corrected chi connectivity index (χ4v) is 1.48. The van der Waals surface area contributed by atoms with Gasteiger partial charge in [-0.15, -0.1) is 0 Å². The summed E-state index contributed by atoms with van der Waals surface area (Å²) in [4.78, 5) is 22.6. The number of Topliss-reactive ketones (excluding diaryl/α,β-unsaturated/α-hetero) is 1. The molecule has 19 heavy (non-hydrogen) atoms. The van der Waals surface area contributed by atoms with Crippen LogP contribution < -0.4 is 10.6 Å². The van der Waals surface area contributed by atoms with Crippen molar-refractivity contribution in [3.63, 3.8) is 0 Å². The monoisotopic (exact) mass is 264 g/mol. The Balaban J connectivity index is 2.30. The number of ether oxygens (including phenoxy) is 1. The second-order valence-corrected chi connectivity index (χ2v) is 4.06. The van der Waals surface area contributed by atoms with Crippen LogP contribution >= 0.6 is 0 Å². The Labute approximate surface area is 113 Å². The van der Waals surface area contributed by atoms with Gasteiger partial charge in [-0.1, -0.05) is 0 Å². The fourth-order valence-electron chi connectivity index (χ4n) is 1.48. The van der Waals surface area contributed by atoms with Gasteiger partial charge in [-0.2, -0.15) is 0 Å². The normalized spacial score (nSPS) is 10.0. The molecule has 2 amide bonds. The summed E-state index contributed by atoms with van der Waals surface area (Å²) in [5, 5.41) is 5.43. The molecule has 5 nitrogen and oxygen atoms in total. The highest BCUT2D eigenvalue weighted by molar-refractivity contribution is 5.95. The van der Waals surface area contributed by atoms with E-state index >= 15 is 0 Å². The number of hydrogen-bond donors (Lipinski definition) is 2. The Morgan fingerprint density at radius 2 is 1.89 bits per heavy atom. The van der Waals surface area contributed by atoms with Crippen molar-refractivity contribution in [3.8, 4) is 0 Å². The Bertz CT molecular complexity index is 415. The first-order valence-corrected chi connectivity index (χ1v) is 6.37. The first kappa shape index (κ1) is 15.2. The van der Waals surface area contributed by atoms with Gasteiger partial charge < -0.3 is 15.4 Å². The molecule has 5 heteroatoms. The van der Waals surface area contributed by atoms with Crippen molar-refractivity contribution in [1.82, 2.24) is 5.32 Å². The number of nitrogens with one attached hydrogen (secondary N) is 2. The van der Waals surface area contributed by atoms with Gasteiger partial charge >= 0.3 is 6.03 Å². The topological polar surface area (TPSA) is 67.4 Å². The maximum absolute atomic E-state index is 11.5. The number of carbonyl (C=O) groups is 2. The van der Waals surface area contributed by atoms with Crippen LogP contribution in [0.1, 0.15) is 30.6 Å². The lowest BCUT2D eigenvalue weighted by Crippen LogP contribution is -2.30. The highest BCUT2D eigenvalue weighted by Crippen LogP contribution is 2.09. The summed E-state index contributed by atoms with van der Waals surface area (Å²) in [7, 11) is 0. The lowest BCUT2D eigenvalue weighted by atomic mass is 10.1. The molecule has 0 unspecified atom stereocenters. The second kappa shape index (κ2) is 8.26. The van der Waals surface area contributed by atoms with E-state index in [1.807, 2.05) is 6.92 Å². The number of urea groups is 1. The van der Waals surface area contributed by atoms with Gasteiger partial charge in [0.05, 0.1) is 0 Å². The molecule has 0 aliphatic carbocycles. The third-order valence-electron chi connectivity index (χ3n) is 2.50. The van der Waals surface area contributed by atoms with E-state index in [1.165, 1.54) is 6.92 Å². The fraction of sp³-hybridized carbons (Fsp3) is 0.429. The van der Waals surface area contributed by atoms with E-state index in [0.29, 0.717) is 31.0 Å². The van der Waals surface area contributed by atoms with Crippen LogP contribution in [0.2, 0.25) is 0 Å². The van der Waals surface area contributed by atoms with Crippen molar-refractivity contribution in [3.05, 3.63) is 29.8 Å². The molecule has 1 aromatic rings. The quantitative estimate of drug-likeness (QED) is 0.587. The molecule has 0 bridgehead atoms. The van der Waals surface area contributed by atoms with Crippen LogP contribution in [-0.2, 0) is 4.74 Å². The van der Waals surface area contributed by atoms with E-state index in [9.17, 15) is 9.59 Å². The smallest absolute Gasteiger partial charge is 0.319 e. The minimum Gasteiger partial charge on any atom is -0.382 e. The average molecular weight is 264 g/mol. The Morgan fingerprint density at radius 3 is 2.47 bits per heavy atom. The summed E-state index contributed by atoms with van der Waals surface area (Å²) in [6.07, 6.45) is 0.782. The molecule has 0 spiro atoms. The van der Waals surface area contributed by atoms with Crippen LogP contribution in [0.4, 0.5) is 10.5 Å². The molecule has 0 aliphatic rings. The Morgan fingerprint density at radius 1 is 1.21 bits per heavy atom. The van der Waals surface area contributed by atoms with E-state index in [4.69, 9.17) is 4.74 Å². The zero-order chi connectivity index (χ0) is 14.1. The molecule has 0 saturated carbocycles. The van der Waals surface area contributed by atoms with Crippen LogP contribution in [0.5, 0.6) is 0 Å². The van der Waals surface area contributed by atoms with Crippen LogP contribution in [0.15, 0.2) is 24.3 Å². The van der Waals surface area contributed by atoms with E-state index in [-0.39, 0.29) is 11.8 Å². The van der Waals surface area contributed by atoms with Crippen molar-refractivity contribution in [2.45, 2.75) is 20.3 Å². The van der Waals surface area contributed by atoms with Crippen LogP contribution in [0, 0.1) is 0 Å². The molecule has 0 atom stereocenters. The number of rotatable bonds is 7. The zero-order valence-corrected chi connectivity index (χ0v) is 11.4. The van der Waals surface area contributed by atoms with Gasteiger partial charge in [0.1, 0.15) is 0 Å². The SMILES string of the molecule is CCOCCCNC(=O)Nc1ccc(C(C)=O)cc1. The van der Waals surface area contributed by atoms with Crippen molar-refractivity contribution in [2.24, 2.45) is 0 Å². The lowest BCUT2D eigenvalue weighted by molar-refractivity contribution is 0.101. The first-order chi connectivity index (χ1) is 9.13. The lowest BCUT2D eigenvalue weighted by Gasteiger charge is -2.08. The van der Waals surface area contributed by atoms with Crippen molar-refractivity contribution < 1.29 is 14.3 Å². The van der Waals surface area contributed by atoms with Gasteiger partial charge in [0.2, 0.25) is 0 Å². The minimum atomic E-state index is -0.257. The molecule has 0 fully saturated rings.